The van der Waals surface area contributed by atoms with Crippen LogP contribution in [0.2, 0.25) is 0 Å². The monoisotopic (exact) mass is 456 g/mol. The zero-order valence-corrected chi connectivity index (χ0v) is 18.2. The van der Waals surface area contributed by atoms with Gasteiger partial charge in [-0.05, 0) is 23.6 Å². The minimum Gasteiger partial charge on any atom is -0.495 e. The van der Waals surface area contributed by atoms with E-state index in [4.69, 9.17) is 14.2 Å². The van der Waals surface area contributed by atoms with E-state index in [-0.39, 0.29) is 28.6 Å². The highest BCUT2D eigenvalue weighted by molar-refractivity contribution is 7.89. The van der Waals surface area contributed by atoms with E-state index < -0.39 is 20.0 Å². The summed E-state index contributed by atoms with van der Waals surface area (Å²) in [5.74, 6) is 0.220. The lowest BCUT2D eigenvalue weighted by Gasteiger charge is -2.27. The van der Waals surface area contributed by atoms with Crippen LogP contribution in [0, 0.1) is 0 Å². The Bertz CT molecular complexity index is 1140. The fraction of sp³-hybridized carbons (Fsp3) is 0.474. The fourth-order valence-corrected chi connectivity index (χ4v) is 6.90. The van der Waals surface area contributed by atoms with Crippen molar-refractivity contribution in [1.82, 2.24) is 8.61 Å². The van der Waals surface area contributed by atoms with Gasteiger partial charge in [-0.1, -0.05) is 12.1 Å². The van der Waals surface area contributed by atoms with Crippen LogP contribution in [-0.2, 0) is 29.5 Å². The maximum absolute atomic E-state index is 13.4. The van der Waals surface area contributed by atoms with Crippen molar-refractivity contribution in [3.8, 4) is 5.75 Å². The summed E-state index contributed by atoms with van der Waals surface area (Å²) in [7, 11) is -6.13. The quantitative estimate of drug-likeness (QED) is 0.658. The van der Waals surface area contributed by atoms with Gasteiger partial charge in [0, 0.05) is 31.6 Å². The Labute approximate surface area is 176 Å². The maximum atomic E-state index is 13.4. The van der Waals surface area contributed by atoms with Gasteiger partial charge in [-0.15, -0.1) is 0 Å². The first kappa shape index (κ1) is 21.5. The molecular formula is C19H24N2O7S2. The Morgan fingerprint density at radius 1 is 0.800 bits per heavy atom. The Morgan fingerprint density at radius 2 is 1.37 bits per heavy atom. The predicted molar refractivity (Wildman–Crippen MR) is 110 cm³/mol. The third kappa shape index (κ3) is 3.81. The Kier molecular flexibility index (Phi) is 6.02. The molecule has 4 rings (SSSR count). The van der Waals surface area contributed by atoms with Crippen molar-refractivity contribution in [2.45, 2.75) is 9.79 Å². The summed E-state index contributed by atoms with van der Waals surface area (Å²) in [5.41, 5.74) is 0. The normalized spacial score (nSPS) is 19.8. The Balaban J connectivity index is 1.81. The van der Waals surface area contributed by atoms with Gasteiger partial charge >= 0.3 is 0 Å². The lowest BCUT2D eigenvalue weighted by Crippen LogP contribution is -2.41. The first-order valence-electron chi connectivity index (χ1n) is 9.62. The number of benzene rings is 2. The van der Waals surface area contributed by atoms with Gasteiger partial charge in [-0.25, -0.2) is 16.8 Å². The SMILES string of the molecule is COc1ccc2cc(S(=O)(=O)N3CCOCC3)ccc2c1S(=O)(=O)N1CCOCC1. The third-order valence-corrected chi connectivity index (χ3v) is 9.18. The molecule has 2 aromatic rings. The van der Waals surface area contributed by atoms with Crippen molar-refractivity contribution in [2.75, 3.05) is 59.7 Å². The van der Waals surface area contributed by atoms with Crippen LogP contribution in [0.25, 0.3) is 10.8 Å². The molecular weight excluding hydrogens is 432 g/mol. The highest BCUT2D eigenvalue weighted by atomic mass is 32.2. The maximum Gasteiger partial charge on any atom is 0.247 e. The molecule has 11 heteroatoms. The van der Waals surface area contributed by atoms with Gasteiger partial charge in [0.2, 0.25) is 20.0 Å². The van der Waals surface area contributed by atoms with E-state index in [0.717, 1.165) is 0 Å². The topological polar surface area (TPSA) is 102 Å². The molecule has 2 aliphatic rings. The van der Waals surface area contributed by atoms with Gasteiger partial charge in [-0.2, -0.15) is 8.61 Å². The Morgan fingerprint density at radius 3 is 1.93 bits per heavy atom. The fourth-order valence-electron chi connectivity index (χ4n) is 3.70. The molecule has 0 saturated carbocycles. The highest BCUT2D eigenvalue weighted by Crippen LogP contribution is 2.36. The van der Waals surface area contributed by atoms with E-state index in [2.05, 4.69) is 0 Å². The Hall–Kier alpha value is -1.76. The molecule has 2 fully saturated rings. The van der Waals surface area contributed by atoms with Gasteiger partial charge < -0.3 is 14.2 Å². The predicted octanol–water partition coefficient (Wildman–Crippen LogP) is 0.890. The van der Waals surface area contributed by atoms with Crippen molar-refractivity contribution in [1.29, 1.82) is 0 Å². The number of fused-ring (bicyclic) bond motifs is 1. The summed E-state index contributed by atoms with van der Waals surface area (Å²) in [6.07, 6.45) is 0. The molecule has 2 aliphatic heterocycles. The summed E-state index contributed by atoms with van der Waals surface area (Å²) >= 11 is 0. The van der Waals surface area contributed by atoms with E-state index in [1.807, 2.05) is 0 Å². The lowest BCUT2D eigenvalue weighted by atomic mass is 10.1. The first-order valence-corrected chi connectivity index (χ1v) is 12.5. The number of ether oxygens (including phenoxy) is 3. The summed E-state index contributed by atoms with van der Waals surface area (Å²) < 4.78 is 71.3. The molecule has 0 aliphatic carbocycles. The number of nitrogens with zero attached hydrogens (tertiary/aromatic N) is 2. The number of morpholine rings is 2. The van der Waals surface area contributed by atoms with E-state index in [0.29, 0.717) is 50.3 Å². The van der Waals surface area contributed by atoms with Crippen LogP contribution >= 0.6 is 0 Å². The second-order valence-electron chi connectivity index (χ2n) is 7.01. The summed E-state index contributed by atoms with van der Waals surface area (Å²) in [4.78, 5) is 0.163. The largest absolute Gasteiger partial charge is 0.495 e. The number of methoxy groups -OCH3 is 1. The average Bonchev–Trinajstić information content (AvgIpc) is 2.79. The minimum absolute atomic E-state index is 0.0414. The van der Waals surface area contributed by atoms with Gasteiger partial charge in [0.25, 0.3) is 0 Å². The molecule has 0 amide bonds. The molecule has 0 radical (unpaired) electrons. The van der Waals surface area contributed by atoms with E-state index in [1.54, 1.807) is 18.2 Å². The minimum atomic E-state index is -3.85. The summed E-state index contributed by atoms with van der Waals surface area (Å²) in [6.45, 7) is 2.45. The van der Waals surface area contributed by atoms with Crippen LogP contribution in [0.15, 0.2) is 40.1 Å². The van der Waals surface area contributed by atoms with E-state index in [1.165, 1.54) is 27.9 Å². The second kappa shape index (κ2) is 8.40. The molecule has 0 atom stereocenters. The van der Waals surface area contributed by atoms with Crippen LogP contribution < -0.4 is 4.74 Å². The van der Waals surface area contributed by atoms with Crippen molar-refractivity contribution >= 4 is 30.8 Å². The van der Waals surface area contributed by atoms with Crippen LogP contribution in [0.5, 0.6) is 5.75 Å². The molecule has 0 N–H and O–H groups in total. The zero-order chi connectivity index (χ0) is 21.4. The molecule has 0 bridgehead atoms. The average molecular weight is 457 g/mol. The van der Waals surface area contributed by atoms with Gasteiger partial charge in [0.15, 0.2) is 0 Å². The number of rotatable bonds is 5. The number of sulfonamides is 2. The van der Waals surface area contributed by atoms with Crippen LogP contribution in [0.4, 0.5) is 0 Å². The number of hydrogen-bond donors (Lipinski definition) is 0. The van der Waals surface area contributed by atoms with Crippen molar-refractivity contribution in [3.63, 3.8) is 0 Å². The first-order chi connectivity index (χ1) is 14.4. The molecule has 0 unspecified atom stereocenters. The molecule has 9 nitrogen and oxygen atoms in total. The van der Waals surface area contributed by atoms with Crippen molar-refractivity contribution < 1.29 is 31.0 Å². The van der Waals surface area contributed by atoms with E-state index in [9.17, 15) is 16.8 Å². The molecule has 2 heterocycles. The number of hydrogen-bond acceptors (Lipinski definition) is 7. The molecule has 164 valence electrons. The van der Waals surface area contributed by atoms with Crippen LogP contribution in [0.1, 0.15) is 0 Å². The van der Waals surface area contributed by atoms with Crippen molar-refractivity contribution in [2.24, 2.45) is 0 Å². The molecule has 0 aromatic heterocycles. The van der Waals surface area contributed by atoms with Gasteiger partial charge in [-0.3, -0.25) is 0 Å². The standard InChI is InChI=1S/C19H24N2O7S2/c1-26-18-5-2-15-14-16(29(22,23)20-6-10-27-11-7-20)3-4-17(15)19(18)30(24,25)21-8-12-28-13-9-21/h2-5,14H,6-13H2,1H3. The zero-order valence-electron chi connectivity index (χ0n) is 16.6. The summed E-state index contributed by atoms with van der Waals surface area (Å²) in [5, 5.41) is 0.929. The molecule has 2 aromatic carbocycles. The van der Waals surface area contributed by atoms with Crippen molar-refractivity contribution in [3.05, 3.63) is 30.3 Å². The lowest BCUT2D eigenvalue weighted by molar-refractivity contribution is 0.0730. The van der Waals surface area contributed by atoms with Gasteiger partial charge in [0.05, 0.1) is 38.4 Å². The molecule has 30 heavy (non-hydrogen) atoms. The molecule has 2 saturated heterocycles. The highest BCUT2D eigenvalue weighted by Gasteiger charge is 2.32. The smallest absolute Gasteiger partial charge is 0.247 e. The van der Waals surface area contributed by atoms with E-state index >= 15 is 0 Å². The van der Waals surface area contributed by atoms with Crippen LogP contribution in [0.3, 0.4) is 0 Å². The second-order valence-corrected chi connectivity index (χ2v) is 10.8. The van der Waals surface area contributed by atoms with Crippen LogP contribution in [-0.4, -0.2) is 85.2 Å². The van der Waals surface area contributed by atoms with Gasteiger partial charge in [0.1, 0.15) is 10.6 Å². The third-order valence-electron chi connectivity index (χ3n) is 5.30. The molecule has 0 spiro atoms. The summed E-state index contributed by atoms with van der Waals surface area (Å²) in [6, 6.07) is 7.73.